The van der Waals surface area contributed by atoms with Gasteiger partial charge in [0.05, 0.1) is 11.5 Å². The largest absolute Gasteiger partial charge is 0.481 e. The van der Waals surface area contributed by atoms with Gasteiger partial charge in [0.15, 0.2) is 0 Å². The fraction of sp³-hybridized carbons (Fsp3) is 0.917. The summed E-state index contributed by atoms with van der Waals surface area (Å²) in [7, 11) is 0. The summed E-state index contributed by atoms with van der Waals surface area (Å²) >= 11 is 1.82. The van der Waals surface area contributed by atoms with Crippen molar-refractivity contribution in [2.45, 2.75) is 37.7 Å². The molecule has 0 spiro atoms. The highest BCUT2D eigenvalue weighted by Gasteiger charge is 2.35. The van der Waals surface area contributed by atoms with Crippen LogP contribution in [0.5, 0.6) is 0 Å². The minimum Gasteiger partial charge on any atom is -0.481 e. The Morgan fingerprint density at radius 2 is 2.12 bits per heavy atom. The number of carboxylic acids is 1. The Morgan fingerprint density at radius 1 is 1.47 bits per heavy atom. The maximum absolute atomic E-state index is 10.8. The van der Waals surface area contributed by atoms with Gasteiger partial charge in [-0.1, -0.05) is 0 Å². The van der Waals surface area contributed by atoms with Crippen LogP contribution in [0.25, 0.3) is 0 Å². The van der Waals surface area contributed by atoms with Gasteiger partial charge in [-0.2, -0.15) is 11.8 Å². The molecule has 100 valence electrons. The number of aliphatic hydroxyl groups is 1. The minimum atomic E-state index is -0.722. The van der Waals surface area contributed by atoms with Gasteiger partial charge in [-0.25, -0.2) is 0 Å². The van der Waals surface area contributed by atoms with E-state index < -0.39 is 11.6 Å². The topological polar surface area (TPSA) is 69.6 Å². The zero-order chi connectivity index (χ0) is 12.7. The van der Waals surface area contributed by atoms with Crippen molar-refractivity contribution in [3.63, 3.8) is 0 Å². The van der Waals surface area contributed by atoms with Crippen molar-refractivity contribution in [3.05, 3.63) is 0 Å². The van der Waals surface area contributed by atoms with Crippen LogP contribution >= 0.6 is 11.8 Å². The van der Waals surface area contributed by atoms with Crippen LogP contribution in [0.2, 0.25) is 0 Å². The second-order valence-corrected chi connectivity index (χ2v) is 5.85. The molecule has 0 bridgehead atoms. The molecule has 0 aromatic heterocycles. The van der Waals surface area contributed by atoms with Gasteiger partial charge in [0.1, 0.15) is 0 Å². The van der Waals surface area contributed by atoms with Crippen molar-refractivity contribution in [1.29, 1.82) is 0 Å². The SMILES string of the molecule is CSCCCNCC1(O)CCC(C(=O)O)CC1. The summed E-state index contributed by atoms with van der Waals surface area (Å²) in [6.07, 6.45) is 5.57. The number of nitrogens with one attached hydrogen (secondary N) is 1. The van der Waals surface area contributed by atoms with Crippen LogP contribution in [0.4, 0.5) is 0 Å². The van der Waals surface area contributed by atoms with E-state index in [1.165, 1.54) is 0 Å². The summed E-state index contributed by atoms with van der Waals surface area (Å²) in [6, 6.07) is 0. The molecule has 1 saturated carbocycles. The molecule has 0 saturated heterocycles. The molecule has 0 amide bonds. The molecule has 0 aromatic rings. The molecule has 0 aliphatic heterocycles. The van der Waals surface area contributed by atoms with Crippen LogP contribution in [0.1, 0.15) is 32.1 Å². The Labute approximate surface area is 107 Å². The summed E-state index contributed by atoms with van der Waals surface area (Å²) in [5, 5.41) is 22.4. The third kappa shape index (κ3) is 5.27. The van der Waals surface area contributed by atoms with Gasteiger partial charge in [0, 0.05) is 6.54 Å². The molecule has 4 nitrogen and oxygen atoms in total. The number of aliphatic carboxylic acids is 1. The van der Waals surface area contributed by atoms with Crippen LogP contribution in [0.15, 0.2) is 0 Å². The molecule has 0 radical (unpaired) electrons. The monoisotopic (exact) mass is 261 g/mol. The molecule has 1 rings (SSSR count). The molecular weight excluding hydrogens is 238 g/mol. The van der Waals surface area contributed by atoms with Crippen LogP contribution in [0, 0.1) is 5.92 Å². The molecule has 0 aromatic carbocycles. The Balaban J connectivity index is 2.18. The number of thioether (sulfide) groups is 1. The van der Waals surface area contributed by atoms with Crippen LogP contribution in [-0.2, 0) is 4.79 Å². The first-order valence-corrected chi connectivity index (χ1v) is 7.62. The summed E-state index contributed by atoms with van der Waals surface area (Å²) in [5.41, 5.74) is -0.689. The standard InChI is InChI=1S/C12H23NO3S/c1-17-8-2-7-13-9-12(16)5-3-10(4-6-12)11(14)15/h10,13,16H,2-9H2,1H3,(H,14,15). The van der Waals surface area contributed by atoms with Crippen LogP contribution in [0.3, 0.4) is 0 Å². The van der Waals surface area contributed by atoms with Crippen molar-refractivity contribution >= 4 is 17.7 Å². The highest BCUT2D eigenvalue weighted by molar-refractivity contribution is 7.98. The predicted octanol–water partition coefficient (Wildman–Crippen LogP) is 1.33. The van der Waals surface area contributed by atoms with E-state index in [1.807, 2.05) is 11.8 Å². The van der Waals surface area contributed by atoms with Gasteiger partial charge in [0.2, 0.25) is 0 Å². The van der Waals surface area contributed by atoms with Gasteiger partial charge < -0.3 is 15.5 Å². The molecule has 1 fully saturated rings. The normalized spacial score (nSPS) is 29.2. The predicted molar refractivity (Wildman–Crippen MR) is 70.4 cm³/mol. The van der Waals surface area contributed by atoms with Gasteiger partial charge >= 0.3 is 5.97 Å². The highest BCUT2D eigenvalue weighted by Crippen LogP contribution is 2.31. The van der Waals surface area contributed by atoms with Crippen LogP contribution in [-0.4, -0.2) is 46.9 Å². The van der Waals surface area contributed by atoms with Crippen molar-refractivity contribution in [2.24, 2.45) is 5.92 Å². The molecule has 0 atom stereocenters. The van der Waals surface area contributed by atoms with Gasteiger partial charge in [0.25, 0.3) is 0 Å². The Hall–Kier alpha value is -0.260. The Kier molecular flexibility index (Phi) is 6.30. The first kappa shape index (κ1) is 14.8. The maximum atomic E-state index is 10.8. The molecule has 5 heteroatoms. The van der Waals surface area contributed by atoms with Crippen LogP contribution < -0.4 is 5.32 Å². The number of rotatable bonds is 7. The molecule has 3 N–H and O–H groups in total. The average Bonchev–Trinajstić information content (AvgIpc) is 2.29. The number of carbonyl (C=O) groups is 1. The van der Waals surface area contributed by atoms with Crippen molar-refractivity contribution in [2.75, 3.05) is 25.1 Å². The van der Waals surface area contributed by atoms with E-state index in [-0.39, 0.29) is 5.92 Å². The first-order chi connectivity index (χ1) is 8.07. The summed E-state index contributed by atoms with van der Waals surface area (Å²) in [4.78, 5) is 10.8. The third-order valence-corrected chi connectivity index (χ3v) is 4.12. The fourth-order valence-electron chi connectivity index (χ4n) is 2.24. The lowest BCUT2D eigenvalue weighted by Gasteiger charge is -2.34. The number of hydrogen-bond donors (Lipinski definition) is 3. The average molecular weight is 261 g/mol. The lowest BCUT2D eigenvalue weighted by atomic mass is 9.79. The summed E-state index contributed by atoms with van der Waals surface area (Å²) in [6.45, 7) is 1.51. The van der Waals surface area contributed by atoms with E-state index in [4.69, 9.17) is 5.11 Å². The van der Waals surface area contributed by atoms with E-state index in [0.717, 1.165) is 18.7 Å². The molecule has 0 unspecified atom stereocenters. The quantitative estimate of drug-likeness (QED) is 0.603. The molecule has 1 aliphatic rings. The highest BCUT2D eigenvalue weighted by atomic mass is 32.2. The van der Waals surface area contributed by atoms with E-state index in [2.05, 4.69) is 11.6 Å². The third-order valence-electron chi connectivity index (χ3n) is 3.42. The zero-order valence-corrected chi connectivity index (χ0v) is 11.3. The van der Waals surface area contributed by atoms with Gasteiger partial charge in [-0.15, -0.1) is 0 Å². The summed E-state index contributed by atoms with van der Waals surface area (Å²) in [5.74, 6) is 0.152. The Morgan fingerprint density at radius 3 is 2.65 bits per heavy atom. The Bertz CT molecular complexity index is 240. The molecule has 0 heterocycles. The van der Waals surface area contributed by atoms with Crippen molar-refractivity contribution in [1.82, 2.24) is 5.32 Å². The molecular formula is C12H23NO3S. The fourth-order valence-corrected chi connectivity index (χ4v) is 2.67. The lowest BCUT2D eigenvalue weighted by molar-refractivity contribution is -0.144. The first-order valence-electron chi connectivity index (χ1n) is 6.22. The van der Waals surface area contributed by atoms with Gasteiger partial charge in [-0.05, 0) is 50.7 Å². The minimum absolute atomic E-state index is 0.258. The van der Waals surface area contributed by atoms with Crippen molar-refractivity contribution in [3.8, 4) is 0 Å². The molecule has 1 aliphatic carbocycles. The van der Waals surface area contributed by atoms with E-state index in [1.54, 1.807) is 0 Å². The number of carboxylic acid groups (broad SMARTS) is 1. The number of hydrogen-bond acceptors (Lipinski definition) is 4. The van der Waals surface area contributed by atoms with E-state index >= 15 is 0 Å². The smallest absolute Gasteiger partial charge is 0.306 e. The second kappa shape index (κ2) is 7.24. The van der Waals surface area contributed by atoms with Crippen molar-refractivity contribution < 1.29 is 15.0 Å². The maximum Gasteiger partial charge on any atom is 0.306 e. The second-order valence-electron chi connectivity index (χ2n) is 4.86. The zero-order valence-electron chi connectivity index (χ0n) is 10.4. The van der Waals surface area contributed by atoms with E-state index in [9.17, 15) is 9.90 Å². The lowest BCUT2D eigenvalue weighted by Crippen LogP contribution is -2.44. The van der Waals surface area contributed by atoms with E-state index in [0.29, 0.717) is 32.2 Å². The summed E-state index contributed by atoms with van der Waals surface area (Å²) < 4.78 is 0. The van der Waals surface area contributed by atoms with Gasteiger partial charge in [-0.3, -0.25) is 4.79 Å². The molecule has 17 heavy (non-hydrogen) atoms.